The van der Waals surface area contributed by atoms with Gasteiger partial charge in [0.15, 0.2) is 0 Å². The number of pyridine rings is 1. The molecule has 23 heavy (non-hydrogen) atoms. The van der Waals surface area contributed by atoms with Crippen LogP contribution in [0.2, 0.25) is 10.3 Å². The van der Waals surface area contributed by atoms with Crippen LogP contribution in [0.1, 0.15) is 41.6 Å². The summed E-state index contributed by atoms with van der Waals surface area (Å²) in [5.74, 6) is -0.207. The summed E-state index contributed by atoms with van der Waals surface area (Å²) in [5.41, 5.74) is 1.67. The zero-order chi connectivity index (χ0) is 16.3. The first-order valence-corrected chi connectivity index (χ1v) is 8.52. The normalized spacial score (nSPS) is 16.3. The molecule has 0 atom stereocenters. The van der Waals surface area contributed by atoms with Crippen LogP contribution in [0.25, 0.3) is 0 Å². The molecule has 3 nitrogen and oxygen atoms in total. The van der Waals surface area contributed by atoms with E-state index in [0.29, 0.717) is 12.1 Å². The molecule has 1 amide bonds. The van der Waals surface area contributed by atoms with Crippen LogP contribution in [-0.4, -0.2) is 17.4 Å². The van der Waals surface area contributed by atoms with E-state index in [0.717, 1.165) is 12.8 Å². The van der Waals surface area contributed by atoms with Gasteiger partial charge in [-0.05, 0) is 30.5 Å². The Morgan fingerprint density at radius 2 is 1.78 bits per heavy atom. The number of rotatable bonds is 4. The van der Waals surface area contributed by atoms with Crippen molar-refractivity contribution >= 4 is 29.1 Å². The Bertz CT molecular complexity index is 697. The van der Waals surface area contributed by atoms with Crippen LogP contribution in [0.15, 0.2) is 42.5 Å². The lowest BCUT2D eigenvalue weighted by atomic mass is 9.79. The molecule has 2 aromatic rings. The number of carbonyl (C=O) groups is 1. The van der Waals surface area contributed by atoms with Crippen molar-refractivity contribution in [2.24, 2.45) is 0 Å². The first-order chi connectivity index (χ1) is 11.1. The third kappa shape index (κ3) is 3.51. The van der Waals surface area contributed by atoms with Gasteiger partial charge in [-0.25, -0.2) is 4.98 Å². The zero-order valence-corrected chi connectivity index (χ0v) is 14.2. The lowest BCUT2D eigenvalue weighted by Crippen LogP contribution is -2.39. The minimum atomic E-state index is -0.207. The summed E-state index contributed by atoms with van der Waals surface area (Å²) in [6.07, 6.45) is 4.55. The van der Waals surface area contributed by atoms with E-state index in [2.05, 4.69) is 34.6 Å². The number of nitrogens with one attached hydrogen (secondary N) is 1. The van der Waals surface area contributed by atoms with Crippen LogP contribution in [-0.2, 0) is 5.41 Å². The van der Waals surface area contributed by atoms with Crippen molar-refractivity contribution in [3.8, 4) is 0 Å². The molecule has 0 spiro atoms. The highest BCUT2D eigenvalue weighted by Crippen LogP contribution is 2.40. The van der Waals surface area contributed by atoms with Gasteiger partial charge in [0, 0.05) is 12.0 Å². The first-order valence-electron chi connectivity index (χ1n) is 7.76. The summed E-state index contributed by atoms with van der Waals surface area (Å²) in [5, 5.41) is 3.45. The molecule has 0 aliphatic heterocycles. The van der Waals surface area contributed by atoms with Crippen molar-refractivity contribution in [3.05, 3.63) is 63.9 Å². The van der Waals surface area contributed by atoms with Gasteiger partial charge in [-0.3, -0.25) is 4.79 Å². The van der Waals surface area contributed by atoms with E-state index >= 15 is 0 Å². The first kappa shape index (κ1) is 16.3. The summed E-state index contributed by atoms with van der Waals surface area (Å²) in [6.45, 7) is 0.606. The highest BCUT2D eigenvalue weighted by molar-refractivity contribution is 6.34. The molecule has 1 aromatic heterocycles. The van der Waals surface area contributed by atoms with Crippen LogP contribution in [0.4, 0.5) is 0 Å². The van der Waals surface area contributed by atoms with Gasteiger partial charge in [0.2, 0.25) is 0 Å². The van der Waals surface area contributed by atoms with E-state index in [1.54, 1.807) is 12.1 Å². The fourth-order valence-electron chi connectivity index (χ4n) is 3.34. The number of hydrogen-bond donors (Lipinski definition) is 1. The van der Waals surface area contributed by atoms with Crippen LogP contribution in [0, 0.1) is 0 Å². The van der Waals surface area contributed by atoms with Gasteiger partial charge < -0.3 is 5.32 Å². The molecular formula is C18H18Cl2N2O. The minimum Gasteiger partial charge on any atom is -0.351 e. The zero-order valence-electron chi connectivity index (χ0n) is 12.7. The van der Waals surface area contributed by atoms with Crippen molar-refractivity contribution in [1.82, 2.24) is 10.3 Å². The SMILES string of the molecule is O=C(NCC1(c2ccccc2)CCCC1)c1ccc(Cl)nc1Cl. The Morgan fingerprint density at radius 3 is 2.43 bits per heavy atom. The van der Waals surface area contributed by atoms with Gasteiger partial charge in [0.05, 0.1) is 5.56 Å². The predicted molar refractivity (Wildman–Crippen MR) is 93.2 cm³/mol. The van der Waals surface area contributed by atoms with Gasteiger partial charge in [-0.15, -0.1) is 0 Å². The van der Waals surface area contributed by atoms with E-state index in [1.165, 1.54) is 18.4 Å². The molecule has 1 saturated carbocycles. The fraction of sp³-hybridized carbons (Fsp3) is 0.333. The van der Waals surface area contributed by atoms with Gasteiger partial charge in [0.25, 0.3) is 5.91 Å². The van der Waals surface area contributed by atoms with Crippen LogP contribution in [0.3, 0.4) is 0 Å². The Kier molecular flexibility index (Phi) is 4.88. The summed E-state index contributed by atoms with van der Waals surface area (Å²) >= 11 is 11.8. The molecule has 120 valence electrons. The van der Waals surface area contributed by atoms with Gasteiger partial charge in [-0.2, -0.15) is 0 Å². The van der Waals surface area contributed by atoms with Gasteiger partial charge in [0.1, 0.15) is 10.3 Å². The lowest BCUT2D eigenvalue weighted by Gasteiger charge is -2.30. The molecule has 1 N–H and O–H groups in total. The van der Waals surface area contributed by atoms with Crippen molar-refractivity contribution in [2.75, 3.05) is 6.54 Å². The second-order valence-electron chi connectivity index (χ2n) is 6.01. The second-order valence-corrected chi connectivity index (χ2v) is 6.75. The van der Waals surface area contributed by atoms with Crippen molar-refractivity contribution in [1.29, 1.82) is 0 Å². The highest BCUT2D eigenvalue weighted by Gasteiger charge is 2.35. The second kappa shape index (κ2) is 6.90. The molecule has 1 heterocycles. The van der Waals surface area contributed by atoms with E-state index < -0.39 is 0 Å². The maximum Gasteiger partial charge on any atom is 0.254 e. The minimum absolute atomic E-state index is 0.0171. The molecule has 0 radical (unpaired) electrons. The number of benzene rings is 1. The van der Waals surface area contributed by atoms with Crippen molar-refractivity contribution in [3.63, 3.8) is 0 Å². The number of aromatic nitrogens is 1. The van der Waals surface area contributed by atoms with E-state index in [4.69, 9.17) is 23.2 Å². The third-order valence-corrected chi connectivity index (χ3v) is 5.09. The predicted octanol–water partition coefficient (Wildman–Crippen LogP) is 4.63. The fourth-order valence-corrected chi connectivity index (χ4v) is 3.77. The molecule has 5 heteroatoms. The third-order valence-electron chi connectivity index (χ3n) is 4.59. The number of nitrogens with zero attached hydrogens (tertiary/aromatic N) is 1. The Labute approximate surface area is 146 Å². The summed E-state index contributed by atoms with van der Waals surface area (Å²) < 4.78 is 0. The molecule has 1 fully saturated rings. The van der Waals surface area contributed by atoms with E-state index in [1.807, 2.05) is 6.07 Å². The van der Waals surface area contributed by atoms with Gasteiger partial charge >= 0.3 is 0 Å². The number of hydrogen-bond acceptors (Lipinski definition) is 2. The molecule has 1 aliphatic carbocycles. The van der Waals surface area contributed by atoms with Crippen LogP contribution < -0.4 is 5.32 Å². The highest BCUT2D eigenvalue weighted by atomic mass is 35.5. The Hall–Kier alpha value is -1.58. The molecule has 0 bridgehead atoms. The maximum absolute atomic E-state index is 12.4. The number of carbonyl (C=O) groups excluding carboxylic acids is 1. The lowest BCUT2D eigenvalue weighted by molar-refractivity contribution is 0.0943. The number of amides is 1. The molecule has 0 saturated heterocycles. The largest absolute Gasteiger partial charge is 0.351 e. The van der Waals surface area contributed by atoms with Crippen molar-refractivity contribution in [2.45, 2.75) is 31.1 Å². The molecule has 1 aromatic carbocycles. The van der Waals surface area contributed by atoms with E-state index in [9.17, 15) is 4.79 Å². The quantitative estimate of drug-likeness (QED) is 0.818. The summed E-state index contributed by atoms with van der Waals surface area (Å²) in [6, 6.07) is 13.6. The number of halogens is 2. The summed E-state index contributed by atoms with van der Waals surface area (Å²) in [4.78, 5) is 16.3. The Morgan fingerprint density at radius 1 is 1.09 bits per heavy atom. The molecule has 1 aliphatic rings. The maximum atomic E-state index is 12.4. The average molecular weight is 349 g/mol. The average Bonchev–Trinajstić information content (AvgIpc) is 3.04. The standard InChI is InChI=1S/C18H18Cl2N2O/c19-15-9-8-14(16(20)22-15)17(23)21-12-18(10-4-5-11-18)13-6-2-1-3-7-13/h1-3,6-9H,4-5,10-12H2,(H,21,23). The smallest absolute Gasteiger partial charge is 0.254 e. The molecule has 0 unspecified atom stereocenters. The molecular weight excluding hydrogens is 331 g/mol. The monoisotopic (exact) mass is 348 g/mol. The van der Waals surface area contributed by atoms with Gasteiger partial charge in [-0.1, -0.05) is 66.4 Å². The topological polar surface area (TPSA) is 42.0 Å². The van der Waals surface area contributed by atoms with E-state index in [-0.39, 0.29) is 21.6 Å². The van der Waals surface area contributed by atoms with Crippen LogP contribution in [0.5, 0.6) is 0 Å². The van der Waals surface area contributed by atoms with Crippen molar-refractivity contribution < 1.29 is 4.79 Å². The van der Waals surface area contributed by atoms with Crippen LogP contribution >= 0.6 is 23.2 Å². The molecule has 3 rings (SSSR count). The summed E-state index contributed by atoms with van der Waals surface area (Å²) in [7, 11) is 0. The Balaban J connectivity index is 1.76.